The van der Waals surface area contributed by atoms with E-state index in [0.29, 0.717) is 11.6 Å². The molecule has 2 saturated carbocycles. The van der Waals surface area contributed by atoms with Gasteiger partial charge in [-0.05, 0) is 81.1 Å². The van der Waals surface area contributed by atoms with E-state index in [1.54, 1.807) is 17.8 Å². The van der Waals surface area contributed by atoms with E-state index in [0.717, 1.165) is 58.4 Å². The number of thioether (sulfide) groups is 1. The minimum Gasteiger partial charge on any atom is -0.465 e. The number of aromatic nitrogens is 1. The van der Waals surface area contributed by atoms with Gasteiger partial charge in [0, 0.05) is 17.4 Å². The van der Waals surface area contributed by atoms with E-state index in [1.807, 2.05) is 43.0 Å². The molecule has 1 aromatic carbocycles. The molecule has 6 nitrogen and oxygen atoms in total. The zero-order valence-corrected chi connectivity index (χ0v) is 23.0. The van der Waals surface area contributed by atoms with E-state index >= 15 is 0 Å². The van der Waals surface area contributed by atoms with Gasteiger partial charge in [0.2, 0.25) is 0 Å². The number of benzene rings is 1. The summed E-state index contributed by atoms with van der Waals surface area (Å²) in [5.74, 6) is -0.276. The smallest absolute Gasteiger partial charge is 0.339 e. The number of carbonyl (C=O) groups excluding carboxylic acids is 2. The highest BCUT2D eigenvalue weighted by molar-refractivity contribution is 8.18. The van der Waals surface area contributed by atoms with Crippen molar-refractivity contribution in [3.8, 4) is 5.69 Å². The van der Waals surface area contributed by atoms with E-state index in [-0.39, 0.29) is 17.9 Å². The number of amides is 1. The molecule has 0 unspecified atom stereocenters. The van der Waals surface area contributed by atoms with Gasteiger partial charge in [-0.2, -0.15) is 0 Å². The summed E-state index contributed by atoms with van der Waals surface area (Å²) in [6.07, 6.45) is 13.7. The zero-order valence-electron chi connectivity index (χ0n) is 22.2. The number of amidine groups is 1. The van der Waals surface area contributed by atoms with Gasteiger partial charge in [0.1, 0.15) is 0 Å². The second-order valence-electron chi connectivity index (χ2n) is 10.5. The van der Waals surface area contributed by atoms with Crippen LogP contribution in [-0.2, 0) is 9.53 Å². The zero-order chi connectivity index (χ0) is 25.9. The Morgan fingerprint density at radius 3 is 2.41 bits per heavy atom. The number of hydrogen-bond acceptors (Lipinski definition) is 5. The Labute approximate surface area is 224 Å². The van der Waals surface area contributed by atoms with Crippen molar-refractivity contribution < 1.29 is 14.3 Å². The van der Waals surface area contributed by atoms with Crippen LogP contribution in [0.3, 0.4) is 0 Å². The molecule has 0 atom stereocenters. The molecule has 1 aromatic heterocycles. The van der Waals surface area contributed by atoms with E-state index in [4.69, 9.17) is 9.73 Å². The lowest BCUT2D eigenvalue weighted by Crippen LogP contribution is -2.41. The van der Waals surface area contributed by atoms with Gasteiger partial charge in [0.05, 0.1) is 29.3 Å². The molecular formula is C30H37N3O3S. The quantitative estimate of drug-likeness (QED) is 0.321. The average molecular weight is 520 g/mol. The highest BCUT2D eigenvalue weighted by Gasteiger charge is 2.39. The third kappa shape index (κ3) is 5.28. The van der Waals surface area contributed by atoms with Crippen molar-refractivity contribution in [1.29, 1.82) is 0 Å². The number of ether oxygens (including phenoxy) is 1. The number of esters is 1. The van der Waals surface area contributed by atoms with Gasteiger partial charge >= 0.3 is 5.97 Å². The summed E-state index contributed by atoms with van der Waals surface area (Å²) in [7, 11) is 1.40. The fraction of sp³-hybridized carbons (Fsp3) is 0.500. The maximum atomic E-state index is 13.8. The fourth-order valence-corrected chi connectivity index (χ4v) is 7.10. The fourth-order valence-electron chi connectivity index (χ4n) is 6.00. The summed E-state index contributed by atoms with van der Waals surface area (Å²) in [4.78, 5) is 34.2. The Kier molecular flexibility index (Phi) is 7.89. The third-order valence-electron chi connectivity index (χ3n) is 7.95. The van der Waals surface area contributed by atoms with E-state index in [2.05, 4.69) is 10.6 Å². The molecule has 37 heavy (non-hydrogen) atoms. The van der Waals surface area contributed by atoms with Crippen LogP contribution in [0.4, 0.5) is 0 Å². The highest BCUT2D eigenvalue weighted by Crippen LogP contribution is 2.39. The molecule has 2 heterocycles. The van der Waals surface area contributed by atoms with E-state index < -0.39 is 0 Å². The first kappa shape index (κ1) is 25.8. The van der Waals surface area contributed by atoms with Crippen LogP contribution in [-0.4, -0.2) is 45.7 Å². The summed E-state index contributed by atoms with van der Waals surface area (Å²) in [6.45, 7) is 4.06. The molecule has 3 aliphatic rings. The number of methoxy groups -OCH3 is 1. The molecule has 3 fully saturated rings. The van der Waals surface area contributed by atoms with Crippen molar-refractivity contribution in [1.82, 2.24) is 9.47 Å². The minimum absolute atomic E-state index is 0.0891. The predicted octanol–water partition coefficient (Wildman–Crippen LogP) is 6.82. The third-order valence-corrected chi connectivity index (χ3v) is 8.95. The molecule has 2 aromatic rings. The first-order valence-electron chi connectivity index (χ1n) is 13.7. The van der Waals surface area contributed by atoms with Crippen LogP contribution < -0.4 is 0 Å². The van der Waals surface area contributed by atoms with Crippen molar-refractivity contribution in [2.45, 2.75) is 90.1 Å². The molecule has 0 bridgehead atoms. The predicted molar refractivity (Wildman–Crippen MR) is 150 cm³/mol. The molecular weight excluding hydrogens is 482 g/mol. The number of aliphatic imine (C=N–C) groups is 1. The summed E-state index contributed by atoms with van der Waals surface area (Å²) < 4.78 is 7.09. The number of aryl methyl sites for hydroxylation is 1. The SMILES string of the molecule is COC(=O)c1ccccc1-n1c(C)cc(C=C2SC(=NC3CCCCC3)N(C3CCCCC3)C2=O)c1C. The summed E-state index contributed by atoms with van der Waals surface area (Å²) in [5.41, 5.74) is 4.26. The second-order valence-corrected chi connectivity index (χ2v) is 11.5. The van der Waals surface area contributed by atoms with Crippen LogP contribution >= 0.6 is 11.8 Å². The van der Waals surface area contributed by atoms with Crippen molar-refractivity contribution in [2.75, 3.05) is 7.11 Å². The minimum atomic E-state index is -0.365. The Bertz CT molecular complexity index is 1230. The first-order valence-corrected chi connectivity index (χ1v) is 14.5. The van der Waals surface area contributed by atoms with Gasteiger partial charge in [-0.25, -0.2) is 4.79 Å². The van der Waals surface area contributed by atoms with Crippen LogP contribution in [0.5, 0.6) is 0 Å². The Morgan fingerprint density at radius 2 is 1.70 bits per heavy atom. The van der Waals surface area contributed by atoms with Gasteiger partial charge in [-0.1, -0.05) is 50.7 Å². The topological polar surface area (TPSA) is 63.9 Å². The van der Waals surface area contributed by atoms with E-state index in [9.17, 15) is 9.59 Å². The van der Waals surface area contributed by atoms with Crippen LogP contribution in [0.25, 0.3) is 11.8 Å². The van der Waals surface area contributed by atoms with E-state index in [1.165, 1.54) is 45.6 Å². The number of carbonyl (C=O) groups is 2. The number of rotatable bonds is 5. The van der Waals surface area contributed by atoms with Gasteiger partial charge in [0.25, 0.3) is 5.91 Å². The number of nitrogens with zero attached hydrogens (tertiary/aromatic N) is 3. The van der Waals surface area contributed by atoms with Crippen LogP contribution in [0, 0.1) is 13.8 Å². The molecule has 1 saturated heterocycles. The molecule has 2 aliphatic carbocycles. The summed E-state index contributed by atoms with van der Waals surface area (Å²) >= 11 is 1.54. The van der Waals surface area contributed by atoms with Crippen LogP contribution in [0.15, 0.2) is 40.2 Å². The van der Waals surface area contributed by atoms with Crippen LogP contribution in [0.1, 0.15) is 91.5 Å². The monoisotopic (exact) mass is 519 g/mol. The number of hydrogen-bond donors (Lipinski definition) is 0. The lowest BCUT2D eigenvalue weighted by molar-refractivity contribution is -0.124. The Balaban J connectivity index is 1.50. The molecule has 5 rings (SSSR count). The maximum absolute atomic E-state index is 13.8. The molecule has 0 spiro atoms. The molecule has 1 aliphatic heterocycles. The molecule has 0 radical (unpaired) electrons. The average Bonchev–Trinajstić information content (AvgIpc) is 3.38. The molecule has 7 heteroatoms. The number of para-hydroxylation sites is 1. The van der Waals surface area contributed by atoms with Crippen molar-refractivity contribution in [3.63, 3.8) is 0 Å². The van der Waals surface area contributed by atoms with Gasteiger partial charge in [-0.15, -0.1) is 0 Å². The Hall–Kier alpha value is -2.80. The summed E-state index contributed by atoms with van der Waals surface area (Å²) in [5, 5.41) is 0.903. The largest absolute Gasteiger partial charge is 0.465 e. The highest BCUT2D eigenvalue weighted by atomic mass is 32.2. The van der Waals surface area contributed by atoms with Crippen molar-refractivity contribution >= 4 is 34.9 Å². The second kappa shape index (κ2) is 11.3. The normalized spacial score (nSPS) is 21.8. The van der Waals surface area contributed by atoms with Crippen molar-refractivity contribution in [3.05, 3.63) is 57.8 Å². The molecule has 196 valence electrons. The van der Waals surface area contributed by atoms with Crippen LogP contribution in [0.2, 0.25) is 0 Å². The first-order chi connectivity index (χ1) is 18.0. The lowest BCUT2D eigenvalue weighted by Gasteiger charge is -2.31. The Morgan fingerprint density at radius 1 is 1.03 bits per heavy atom. The molecule has 1 amide bonds. The van der Waals surface area contributed by atoms with Crippen molar-refractivity contribution in [2.24, 2.45) is 4.99 Å². The summed E-state index contributed by atoms with van der Waals surface area (Å²) in [6, 6.07) is 10.1. The van der Waals surface area contributed by atoms with Gasteiger partial charge in [-0.3, -0.25) is 14.7 Å². The van der Waals surface area contributed by atoms with Gasteiger partial charge < -0.3 is 9.30 Å². The molecule has 0 N–H and O–H groups in total. The standard InChI is InChI=1S/C30H37N3O3S/c1-20-18-22(21(2)32(20)26-17-11-10-16-25(26)29(35)36-3)19-27-28(34)33(24-14-8-5-9-15-24)30(37-27)31-23-12-6-4-7-13-23/h10-11,16-19,23-24H,4-9,12-15H2,1-3H3. The van der Waals surface area contributed by atoms with Gasteiger partial charge in [0.15, 0.2) is 5.17 Å². The lowest BCUT2D eigenvalue weighted by atomic mass is 9.94. The maximum Gasteiger partial charge on any atom is 0.339 e.